The molecule has 1 amide bonds. The third kappa shape index (κ3) is 5.48. The van der Waals surface area contributed by atoms with Crippen LogP contribution in [0.15, 0.2) is 47.4 Å². The Labute approximate surface area is 183 Å². The number of nitrogens with one attached hydrogen (secondary N) is 1. The number of aromatic nitrogens is 2. The highest BCUT2D eigenvalue weighted by Crippen LogP contribution is 2.37. The number of aliphatic hydroxyl groups is 1. The van der Waals surface area contributed by atoms with Crippen LogP contribution in [0.5, 0.6) is 0 Å². The van der Waals surface area contributed by atoms with Gasteiger partial charge < -0.3 is 19.6 Å². The van der Waals surface area contributed by atoms with Crippen LogP contribution in [0, 0.1) is 0 Å². The quantitative estimate of drug-likeness (QED) is 0.662. The zero-order chi connectivity index (χ0) is 22.8. The highest BCUT2D eigenvalue weighted by molar-refractivity contribution is 6.74. The van der Waals surface area contributed by atoms with Crippen molar-refractivity contribution in [3.05, 3.63) is 58.6 Å². The van der Waals surface area contributed by atoms with Crippen LogP contribution in [0.25, 0.3) is 0 Å². The van der Waals surface area contributed by atoms with Gasteiger partial charge in [-0.2, -0.15) is 4.98 Å². The number of aliphatic hydroxyl groups excluding tert-OH is 1. The van der Waals surface area contributed by atoms with Gasteiger partial charge in [-0.15, -0.1) is 0 Å². The van der Waals surface area contributed by atoms with Gasteiger partial charge in [0, 0.05) is 18.2 Å². The van der Waals surface area contributed by atoms with Crippen LogP contribution in [-0.4, -0.2) is 47.7 Å². The molecular weight excluding hydrogens is 414 g/mol. The van der Waals surface area contributed by atoms with E-state index < -0.39 is 32.4 Å². The Hall–Kier alpha value is -2.33. The second-order valence-corrected chi connectivity index (χ2v) is 14.1. The summed E-state index contributed by atoms with van der Waals surface area (Å²) < 4.78 is 13.4. The highest BCUT2D eigenvalue weighted by atomic mass is 28.4. The number of amides is 1. The number of carbonyl (C=O) groups is 1. The van der Waals surface area contributed by atoms with Crippen molar-refractivity contribution in [1.82, 2.24) is 9.55 Å². The van der Waals surface area contributed by atoms with Gasteiger partial charge in [-0.25, -0.2) is 4.79 Å². The Morgan fingerprint density at radius 2 is 1.97 bits per heavy atom. The van der Waals surface area contributed by atoms with Crippen LogP contribution >= 0.6 is 0 Å². The van der Waals surface area contributed by atoms with Crippen LogP contribution in [0.4, 0.5) is 5.82 Å². The Morgan fingerprint density at radius 1 is 1.29 bits per heavy atom. The van der Waals surface area contributed by atoms with Crippen LogP contribution in [0.3, 0.4) is 0 Å². The first-order valence-corrected chi connectivity index (χ1v) is 13.3. The first-order valence-electron chi connectivity index (χ1n) is 10.4. The van der Waals surface area contributed by atoms with Crippen LogP contribution in [0.1, 0.15) is 43.8 Å². The lowest BCUT2D eigenvalue weighted by Crippen LogP contribution is -2.43. The largest absolute Gasteiger partial charge is 0.414 e. The van der Waals surface area contributed by atoms with E-state index in [9.17, 15) is 14.7 Å². The average molecular weight is 446 g/mol. The van der Waals surface area contributed by atoms with Gasteiger partial charge in [-0.1, -0.05) is 39.0 Å². The molecule has 2 aromatic rings. The minimum atomic E-state index is -1.98. The molecule has 9 heteroatoms. The summed E-state index contributed by atoms with van der Waals surface area (Å²) in [5.41, 5.74) is -0.0886. The van der Waals surface area contributed by atoms with Crippen molar-refractivity contribution in [2.45, 2.75) is 63.8 Å². The Kier molecular flexibility index (Phi) is 6.80. The zero-order valence-electron chi connectivity index (χ0n) is 18.7. The van der Waals surface area contributed by atoms with Crippen LogP contribution in [-0.2, 0) is 9.16 Å². The van der Waals surface area contributed by atoms with E-state index in [2.05, 4.69) is 44.2 Å². The summed E-state index contributed by atoms with van der Waals surface area (Å²) in [7, 11) is -1.98. The molecule has 0 spiro atoms. The summed E-state index contributed by atoms with van der Waals surface area (Å²) in [4.78, 5) is 28.7. The predicted molar refractivity (Wildman–Crippen MR) is 121 cm³/mol. The number of benzene rings is 1. The van der Waals surface area contributed by atoms with E-state index in [1.165, 1.54) is 16.8 Å². The Bertz CT molecular complexity index is 971. The van der Waals surface area contributed by atoms with Gasteiger partial charge in [-0.05, 0) is 36.3 Å². The molecule has 1 aliphatic rings. The van der Waals surface area contributed by atoms with E-state index in [1.807, 2.05) is 6.07 Å². The standard InChI is InChI=1S/C22H31N3O5Si/c1-22(2,3)31(4,5)29-14-17-16(26)13-19(30-17)25-12-11-18(24-21(25)28)23-20(27)15-9-7-6-8-10-15/h6-12,16-17,19,26H,13-14H2,1-5H3,(H,23,24,27,28)/t16?,17-,19-/m1/s1. The smallest absolute Gasteiger partial charge is 0.351 e. The number of rotatable bonds is 6. The number of ether oxygens (including phenoxy) is 1. The number of nitrogens with zero attached hydrogens (tertiary/aromatic N) is 2. The van der Waals surface area contributed by atoms with Crippen LogP contribution < -0.4 is 11.0 Å². The molecule has 1 aliphatic heterocycles. The maximum absolute atomic E-state index is 12.5. The number of hydrogen-bond donors (Lipinski definition) is 2. The fourth-order valence-electron chi connectivity index (χ4n) is 3.02. The van der Waals surface area contributed by atoms with Gasteiger partial charge in [0.05, 0.1) is 12.7 Å². The average Bonchev–Trinajstić information content (AvgIpc) is 3.06. The van der Waals surface area contributed by atoms with E-state index >= 15 is 0 Å². The maximum atomic E-state index is 12.5. The summed E-state index contributed by atoms with van der Waals surface area (Å²) in [5.74, 6) is -0.188. The molecule has 1 saturated heterocycles. The molecule has 31 heavy (non-hydrogen) atoms. The molecule has 3 atom stereocenters. The number of carbonyl (C=O) groups excluding carboxylic acids is 1. The minimum Gasteiger partial charge on any atom is -0.414 e. The van der Waals surface area contributed by atoms with Crippen molar-refractivity contribution in [2.24, 2.45) is 0 Å². The lowest BCUT2D eigenvalue weighted by Gasteiger charge is -2.37. The molecule has 0 radical (unpaired) electrons. The van der Waals surface area contributed by atoms with Gasteiger partial charge in [0.2, 0.25) is 0 Å². The zero-order valence-corrected chi connectivity index (χ0v) is 19.7. The summed E-state index contributed by atoms with van der Waals surface area (Å²) in [6.07, 6.45) is -0.0998. The van der Waals surface area contributed by atoms with E-state index in [0.29, 0.717) is 5.56 Å². The molecule has 3 rings (SSSR count). The van der Waals surface area contributed by atoms with Crippen molar-refractivity contribution in [3.63, 3.8) is 0 Å². The summed E-state index contributed by atoms with van der Waals surface area (Å²) in [6, 6.07) is 10.2. The third-order valence-electron chi connectivity index (χ3n) is 6.04. The van der Waals surface area contributed by atoms with Crippen molar-refractivity contribution in [1.29, 1.82) is 0 Å². The van der Waals surface area contributed by atoms with E-state index in [1.54, 1.807) is 24.3 Å². The lowest BCUT2D eigenvalue weighted by molar-refractivity contribution is -0.0432. The SMILES string of the molecule is CC(C)(C)[Si](C)(C)OC[C@H]1O[C@@H](n2ccc(NC(=O)c3ccccc3)nc2=O)CC1O. The van der Waals surface area contributed by atoms with Crippen molar-refractivity contribution in [3.8, 4) is 0 Å². The molecule has 1 fully saturated rings. The van der Waals surface area contributed by atoms with E-state index in [4.69, 9.17) is 9.16 Å². The molecule has 2 N–H and O–H groups in total. The molecule has 1 unspecified atom stereocenters. The Morgan fingerprint density at radius 3 is 2.58 bits per heavy atom. The summed E-state index contributed by atoms with van der Waals surface area (Å²) >= 11 is 0. The maximum Gasteiger partial charge on any atom is 0.351 e. The minimum absolute atomic E-state index is 0.0524. The molecule has 1 aromatic heterocycles. The molecule has 0 saturated carbocycles. The fourth-order valence-corrected chi connectivity index (χ4v) is 4.04. The third-order valence-corrected chi connectivity index (χ3v) is 10.5. The fraction of sp³-hybridized carbons (Fsp3) is 0.500. The van der Waals surface area contributed by atoms with Crippen LogP contribution in [0.2, 0.25) is 18.1 Å². The first kappa shape index (κ1) is 23.3. The highest BCUT2D eigenvalue weighted by Gasteiger charge is 2.41. The molecule has 8 nitrogen and oxygen atoms in total. The second-order valence-electron chi connectivity index (χ2n) is 9.33. The lowest BCUT2D eigenvalue weighted by atomic mass is 10.2. The van der Waals surface area contributed by atoms with Crippen molar-refractivity contribution in [2.75, 3.05) is 11.9 Å². The molecule has 0 aliphatic carbocycles. The van der Waals surface area contributed by atoms with Gasteiger partial charge in [-0.3, -0.25) is 9.36 Å². The monoisotopic (exact) mass is 445 g/mol. The van der Waals surface area contributed by atoms with Crippen molar-refractivity contribution < 1.29 is 19.1 Å². The van der Waals surface area contributed by atoms with Gasteiger partial charge >= 0.3 is 5.69 Å². The van der Waals surface area contributed by atoms with Gasteiger partial charge in [0.1, 0.15) is 18.1 Å². The predicted octanol–water partition coefficient (Wildman–Crippen LogP) is 3.17. The summed E-state index contributed by atoms with van der Waals surface area (Å²) in [6.45, 7) is 11.0. The molecular formula is C22H31N3O5Si. The van der Waals surface area contributed by atoms with Gasteiger partial charge in [0.25, 0.3) is 5.91 Å². The molecule has 168 valence electrons. The van der Waals surface area contributed by atoms with Crippen molar-refractivity contribution >= 4 is 20.0 Å². The molecule has 2 heterocycles. The topological polar surface area (TPSA) is 103 Å². The molecule has 0 bridgehead atoms. The van der Waals surface area contributed by atoms with E-state index in [0.717, 1.165) is 0 Å². The summed E-state index contributed by atoms with van der Waals surface area (Å²) in [5, 5.41) is 13.1. The van der Waals surface area contributed by atoms with Gasteiger partial charge in [0.15, 0.2) is 8.32 Å². The normalized spacial score (nSPS) is 21.8. The second kappa shape index (κ2) is 9.03. The van der Waals surface area contributed by atoms with E-state index in [-0.39, 0.29) is 29.8 Å². The Balaban J connectivity index is 1.64. The number of hydrogen-bond acceptors (Lipinski definition) is 6. The number of anilines is 1. The molecule has 1 aromatic carbocycles. The first-order chi connectivity index (χ1) is 14.5.